The van der Waals surface area contributed by atoms with Crippen LogP contribution in [0.2, 0.25) is 0 Å². The van der Waals surface area contributed by atoms with Crippen molar-refractivity contribution in [2.75, 3.05) is 40.0 Å². The van der Waals surface area contributed by atoms with Crippen molar-refractivity contribution in [3.63, 3.8) is 0 Å². The average Bonchev–Trinajstić information content (AvgIpc) is 2.68. The summed E-state index contributed by atoms with van der Waals surface area (Å²) >= 11 is 0. The zero-order valence-electron chi connectivity index (χ0n) is 14.8. The van der Waals surface area contributed by atoms with E-state index in [-0.39, 0.29) is 22.3 Å². The van der Waals surface area contributed by atoms with Crippen molar-refractivity contribution >= 4 is 21.9 Å². The second-order valence-electron chi connectivity index (χ2n) is 5.83. The van der Waals surface area contributed by atoms with Crippen molar-refractivity contribution in [1.29, 1.82) is 0 Å². The number of ether oxygens (including phenoxy) is 2. The summed E-state index contributed by atoms with van der Waals surface area (Å²) in [6, 6.07) is 5.99. The molecule has 1 heterocycles. The number of hydrogen-bond donors (Lipinski definition) is 1. The molecule has 1 aromatic rings. The number of morpholine rings is 1. The van der Waals surface area contributed by atoms with Crippen LogP contribution < -0.4 is 5.32 Å². The summed E-state index contributed by atoms with van der Waals surface area (Å²) in [6.07, 6.45) is 1.55. The summed E-state index contributed by atoms with van der Waals surface area (Å²) in [5.41, 5.74) is 0.285. The largest absolute Gasteiger partial charge is 0.469 e. The number of amides is 1. The molecule has 1 fully saturated rings. The predicted octanol–water partition coefficient (Wildman–Crippen LogP) is 0.781. The summed E-state index contributed by atoms with van der Waals surface area (Å²) < 4.78 is 36.4. The summed E-state index contributed by atoms with van der Waals surface area (Å²) in [5, 5.41) is 2.73. The molecule has 8 nitrogen and oxygen atoms in total. The molecule has 9 heteroatoms. The molecule has 1 saturated heterocycles. The first-order chi connectivity index (χ1) is 12.4. The Morgan fingerprint density at radius 1 is 1.23 bits per heavy atom. The van der Waals surface area contributed by atoms with Gasteiger partial charge in [0, 0.05) is 31.6 Å². The van der Waals surface area contributed by atoms with Crippen LogP contribution in [0.25, 0.3) is 0 Å². The number of sulfonamides is 1. The third kappa shape index (κ3) is 5.52. The average molecular weight is 384 g/mol. The van der Waals surface area contributed by atoms with Gasteiger partial charge in [-0.05, 0) is 31.0 Å². The van der Waals surface area contributed by atoms with Crippen molar-refractivity contribution < 1.29 is 27.5 Å². The molecule has 144 valence electrons. The Kier molecular flexibility index (Phi) is 7.55. The number of esters is 1. The lowest BCUT2D eigenvalue weighted by Gasteiger charge is -2.26. The molecule has 1 aliphatic rings. The molecule has 1 N–H and O–H groups in total. The first-order valence-electron chi connectivity index (χ1n) is 8.48. The van der Waals surface area contributed by atoms with Gasteiger partial charge in [-0.3, -0.25) is 9.59 Å². The number of carbonyl (C=O) groups excluding carboxylic acids is 2. The Labute approximate surface area is 153 Å². The first-order valence-corrected chi connectivity index (χ1v) is 9.92. The smallest absolute Gasteiger partial charge is 0.305 e. The number of benzene rings is 1. The van der Waals surface area contributed by atoms with Gasteiger partial charge in [-0.25, -0.2) is 8.42 Å². The first kappa shape index (κ1) is 20.3. The van der Waals surface area contributed by atoms with Crippen LogP contribution in [0.15, 0.2) is 29.2 Å². The summed E-state index contributed by atoms with van der Waals surface area (Å²) in [4.78, 5) is 23.3. The predicted molar refractivity (Wildman–Crippen MR) is 94.2 cm³/mol. The second kappa shape index (κ2) is 9.65. The van der Waals surface area contributed by atoms with E-state index < -0.39 is 10.0 Å². The van der Waals surface area contributed by atoms with Crippen LogP contribution >= 0.6 is 0 Å². The van der Waals surface area contributed by atoms with E-state index in [2.05, 4.69) is 10.1 Å². The molecule has 0 atom stereocenters. The summed E-state index contributed by atoms with van der Waals surface area (Å²) in [7, 11) is -2.30. The lowest BCUT2D eigenvalue weighted by molar-refractivity contribution is -0.140. The van der Waals surface area contributed by atoms with Crippen LogP contribution in [0.3, 0.4) is 0 Å². The van der Waals surface area contributed by atoms with Gasteiger partial charge in [0.25, 0.3) is 5.91 Å². The van der Waals surface area contributed by atoms with Crippen LogP contribution in [-0.4, -0.2) is 64.6 Å². The molecule has 0 saturated carbocycles. The van der Waals surface area contributed by atoms with E-state index in [0.29, 0.717) is 52.1 Å². The SMILES string of the molecule is COC(=O)CCCCNC(=O)c1cccc(S(=O)(=O)N2CCOCC2)c1. The zero-order valence-corrected chi connectivity index (χ0v) is 15.6. The van der Waals surface area contributed by atoms with Gasteiger partial charge in [-0.2, -0.15) is 4.31 Å². The molecule has 0 aromatic heterocycles. The molecule has 0 bridgehead atoms. The molecular weight excluding hydrogens is 360 g/mol. The number of nitrogens with one attached hydrogen (secondary N) is 1. The van der Waals surface area contributed by atoms with Gasteiger partial charge in [-0.15, -0.1) is 0 Å². The monoisotopic (exact) mass is 384 g/mol. The van der Waals surface area contributed by atoms with Crippen LogP contribution in [0.5, 0.6) is 0 Å². The highest BCUT2D eigenvalue weighted by molar-refractivity contribution is 7.89. The molecule has 0 aliphatic carbocycles. The minimum Gasteiger partial charge on any atom is -0.469 e. The number of hydrogen-bond acceptors (Lipinski definition) is 6. The number of carbonyl (C=O) groups is 2. The minimum absolute atomic E-state index is 0.0951. The van der Waals surface area contributed by atoms with Crippen molar-refractivity contribution in [2.24, 2.45) is 0 Å². The van der Waals surface area contributed by atoms with E-state index in [9.17, 15) is 18.0 Å². The van der Waals surface area contributed by atoms with Crippen molar-refractivity contribution in [2.45, 2.75) is 24.2 Å². The Hall–Kier alpha value is -1.97. The van der Waals surface area contributed by atoms with Crippen LogP contribution in [0.1, 0.15) is 29.6 Å². The molecule has 1 aliphatic heterocycles. The zero-order chi connectivity index (χ0) is 19.0. The minimum atomic E-state index is -3.64. The van der Waals surface area contributed by atoms with Gasteiger partial charge < -0.3 is 14.8 Å². The van der Waals surface area contributed by atoms with E-state index in [1.165, 1.54) is 23.5 Å². The Morgan fingerprint density at radius 2 is 1.96 bits per heavy atom. The maximum Gasteiger partial charge on any atom is 0.305 e. The molecule has 2 rings (SSSR count). The fraction of sp³-hybridized carbons (Fsp3) is 0.529. The fourth-order valence-electron chi connectivity index (χ4n) is 2.53. The maximum atomic E-state index is 12.6. The van der Waals surface area contributed by atoms with Gasteiger partial charge in [0.2, 0.25) is 10.0 Å². The van der Waals surface area contributed by atoms with Crippen molar-refractivity contribution in [3.8, 4) is 0 Å². The fourth-order valence-corrected chi connectivity index (χ4v) is 3.99. The highest BCUT2D eigenvalue weighted by Crippen LogP contribution is 2.18. The van der Waals surface area contributed by atoms with Crippen molar-refractivity contribution in [1.82, 2.24) is 9.62 Å². The number of rotatable bonds is 8. The molecule has 0 unspecified atom stereocenters. The second-order valence-corrected chi connectivity index (χ2v) is 7.77. The van der Waals surface area contributed by atoms with E-state index in [4.69, 9.17) is 4.74 Å². The topological polar surface area (TPSA) is 102 Å². The van der Waals surface area contributed by atoms with Gasteiger partial charge in [0.15, 0.2) is 0 Å². The Morgan fingerprint density at radius 3 is 2.65 bits per heavy atom. The summed E-state index contributed by atoms with van der Waals surface area (Å²) in [5.74, 6) is -0.626. The molecule has 1 amide bonds. The highest BCUT2D eigenvalue weighted by atomic mass is 32.2. The summed E-state index contributed by atoms with van der Waals surface area (Å²) in [6.45, 7) is 1.74. The van der Waals surface area contributed by atoms with Gasteiger partial charge >= 0.3 is 5.97 Å². The number of methoxy groups -OCH3 is 1. The van der Waals surface area contributed by atoms with Crippen molar-refractivity contribution in [3.05, 3.63) is 29.8 Å². The van der Waals surface area contributed by atoms with E-state index in [1.807, 2.05) is 0 Å². The molecule has 0 spiro atoms. The lowest BCUT2D eigenvalue weighted by atomic mass is 10.2. The van der Waals surface area contributed by atoms with Crippen LogP contribution in [-0.2, 0) is 24.3 Å². The van der Waals surface area contributed by atoms with E-state index in [1.54, 1.807) is 12.1 Å². The van der Waals surface area contributed by atoms with Crippen LogP contribution in [0, 0.1) is 0 Å². The number of unbranched alkanes of at least 4 members (excludes halogenated alkanes) is 1. The Balaban J connectivity index is 1.93. The maximum absolute atomic E-state index is 12.6. The molecule has 26 heavy (non-hydrogen) atoms. The molecular formula is C17H24N2O6S. The van der Waals surface area contributed by atoms with Crippen LogP contribution in [0.4, 0.5) is 0 Å². The molecule has 1 aromatic carbocycles. The normalized spacial score (nSPS) is 15.4. The van der Waals surface area contributed by atoms with Gasteiger partial charge in [0.1, 0.15) is 0 Å². The third-order valence-electron chi connectivity index (χ3n) is 4.02. The van der Waals surface area contributed by atoms with Gasteiger partial charge in [0.05, 0.1) is 25.2 Å². The van der Waals surface area contributed by atoms with Gasteiger partial charge in [-0.1, -0.05) is 6.07 Å². The Bertz CT molecular complexity index is 729. The van der Waals surface area contributed by atoms with E-state index >= 15 is 0 Å². The highest BCUT2D eigenvalue weighted by Gasteiger charge is 2.26. The third-order valence-corrected chi connectivity index (χ3v) is 5.92. The lowest BCUT2D eigenvalue weighted by Crippen LogP contribution is -2.40. The molecule has 0 radical (unpaired) electrons. The number of nitrogens with zero attached hydrogens (tertiary/aromatic N) is 1. The quantitative estimate of drug-likeness (QED) is 0.525. The van der Waals surface area contributed by atoms with E-state index in [0.717, 1.165) is 0 Å². The standard InChI is InChI=1S/C17H24N2O6S/c1-24-16(20)7-2-3-8-18-17(21)14-5-4-6-15(13-14)26(22,23)19-9-11-25-12-10-19/h4-6,13H,2-3,7-12H2,1H3,(H,18,21).